The third-order valence-corrected chi connectivity index (χ3v) is 10.6. The van der Waals surface area contributed by atoms with Gasteiger partial charge in [-0.25, -0.2) is 0 Å². The van der Waals surface area contributed by atoms with Gasteiger partial charge in [-0.1, -0.05) is 93.1 Å². The summed E-state index contributed by atoms with van der Waals surface area (Å²) in [7, 11) is 2.13. The Morgan fingerprint density at radius 2 is 1.50 bits per heavy atom. The topological polar surface area (TPSA) is 45.0 Å². The molecule has 1 aliphatic carbocycles. The van der Waals surface area contributed by atoms with Crippen LogP contribution in [0.4, 0.5) is 11.4 Å². The standard InChI is InChI=1S/C46H47N3O/c1-5-6-7-8-9-12-25-49-41-14-11-10-13-37(41)40-28-34(18-22-42(40)49)45-38-21-20-36(29-43(38)50-44-30-46(3,47)24-23-39(44)45)48(4)35-19-17-32-26-31(2)15-16-33(32)27-35/h10-11,13-24,26-30H,5-9,12,25,47H2,1-4H3/p+1. The highest BCUT2D eigenvalue weighted by molar-refractivity contribution is 6.09. The lowest BCUT2D eigenvalue weighted by Gasteiger charge is -2.30. The van der Waals surface area contributed by atoms with Gasteiger partial charge in [-0.2, -0.15) is 0 Å². The van der Waals surface area contributed by atoms with Crippen LogP contribution in [0.5, 0.6) is 5.75 Å². The van der Waals surface area contributed by atoms with Gasteiger partial charge in [0.05, 0.1) is 0 Å². The Morgan fingerprint density at radius 1 is 0.760 bits per heavy atom. The number of hydrogen-bond donors (Lipinski definition) is 1. The average molecular weight is 659 g/mol. The van der Waals surface area contributed by atoms with E-state index in [4.69, 9.17) is 4.74 Å². The molecule has 50 heavy (non-hydrogen) atoms. The summed E-state index contributed by atoms with van der Waals surface area (Å²) >= 11 is 0. The van der Waals surface area contributed by atoms with Gasteiger partial charge in [0.25, 0.3) is 0 Å². The van der Waals surface area contributed by atoms with Gasteiger partial charge >= 0.3 is 0 Å². The summed E-state index contributed by atoms with van der Waals surface area (Å²) in [6, 6.07) is 35.9. The minimum atomic E-state index is -0.340. The number of unbranched alkanes of at least 4 members (excludes halogenated alkanes) is 5. The predicted octanol–water partition coefficient (Wildman–Crippen LogP) is 11.0. The van der Waals surface area contributed by atoms with Gasteiger partial charge in [0.2, 0.25) is 0 Å². The zero-order valence-corrected chi connectivity index (χ0v) is 29.9. The summed E-state index contributed by atoms with van der Waals surface area (Å²) in [6.45, 7) is 7.60. The monoisotopic (exact) mass is 658 g/mol. The number of aryl methyl sites for hydroxylation is 2. The number of ether oxygens (including phenoxy) is 1. The molecule has 0 saturated heterocycles. The Morgan fingerprint density at radius 3 is 2.38 bits per heavy atom. The first-order valence-electron chi connectivity index (χ1n) is 18.4. The van der Waals surface area contributed by atoms with Crippen molar-refractivity contribution in [1.82, 2.24) is 4.57 Å². The normalized spacial score (nSPS) is 16.9. The van der Waals surface area contributed by atoms with E-state index in [1.165, 1.54) is 87.8 Å². The molecule has 8 rings (SSSR count). The summed E-state index contributed by atoms with van der Waals surface area (Å²) in [4.78, 5) is 2.24. The van der Waals surface area contributed by atoms with Crippen molar-refractivity contribution in [3.8, 4) is 5.75 Å². The average Bonchev–Trinajstić information content (AvgIpc) is 3.43. The number of quaternary nitrogens is 1. The second-order valence-corrected chi connectivity index (χ2v) is 14.7. The summed E-state index contributed by atoms with van der Waals surface area (Å²) in [5.41, 5.74) is 14.8. The molecule has 1 atom stereocenters. The van der Waals surface area contributed by atoms with Gasteiger partial charge in [0.15, 0.2) is 0 Å². The second kappa shape index (κ2) is 13.0. The van der Waals surface area contributed by atoms with Crippen molar-refractivity contribution in [2.75, 3.05) is 11.9 Å². The number of allylic oxidation sites excluding steroid dienone is 1. The largest absolute Gasteiger partial charge is 0.456 e. The highest BCUT2D eigenvalue weighted by Crippen LogP contribution is 2.46. The minimum Gasteiger partial charge on any atom is -0.456 e. The fourth-order valence-electron chi connectivity index (χ4n) is 7.87. The SMILES string of the molecule is CCCCCCCCn1c2ccccc2c2cc(C3=C4C=CC(C)([NH3+])C=C4Oc4cc(N(C)c5ccc6cc(C)ccc6c5)ccc43)ccc21. The van der Waals surface area contributed by atoms with Crippen LogP contribution in [0.25, 0.3) is 38.2 Å². The van der Waals surface area contributed by atoms with Gasteiger partial charge in [-0.15, -0.1) is 0 Å². The maximum atomic E-state index is 6.76. The molecule has 0 radical (unpaired) electrons. The van der Waals surface area contributed by atoms with Gasteiger partial charge in [0, 0.05) is 75.6 Å². The zero-order chi connectivity index (χ0) is 34.4. The molecule has 1 aliphatic heterocycles. The summed E-state index contributed by atoms with van der Waals surface area (Å²) in [5.74, 6) is 1.74. The third-order valence-electron chi connectivity index (χ3n) is 10.6. The van der Waals surface area contributed by atoms with Gasteiger partial charge in [0.1, 0.15) is 17.0 Å². The molecule has 4 nitrogen and oxygen atoms in total. The molecule has 6 aromatic rings. The van der Waals surface area contributed by atoms with Crippen LogP contribution in [-0.2, 0) is 6.54 Å². The predicted molar refractivity (Wildman–Crippen MR) is 211 cm³/mol. The van der Waals surface area contributed by atoms with Gasteiger partial charge in [-0.3, -0.25) is 0 Å². The summed E-state index contributed by atoms with van der Waals surface area (Å²) in [5, 5.41) is 5.12. The molecular weight excluding hydrogens is 611 g/mol. The molecule has 0 spiro atoms. The van der Waals surface area contributed by atoms with Crippen molar-refractivity contribution in [1.29, 1.82) is 0 Å². The number of benzene rings is 5. The van der Waals surface area contributed by atoms with E-state index in [1.54, 1.807) is 0 Å². The van der Waals surface area contributed by atoms with Gasteiger partial charge < -0.3 is 19.9 Å². The molecule has 1 aromatic heterocycles. The Hall–Kier alpha value is -5.06. The van der Waals surface area contributed by atoms with Crippen molar-refractivity contribution >= 4 is 49.5 Å². The fraction of sp³-hybridized carbons (Fsp3) is 0.261. The first kappa shape index (κ1) is 32.2. The Bertz CT molecular complexity index is 2350. The molecule has 0 amide bonds. The lowest BCUT2D eigenvalue weighted by Crippen LogP contribution is -2.69. The van der Waals surface area contributed by atoms with Crippen LogP contribution < -0.4 is 15.4 Å². The molecule has 0 saturated carbocycles. The maximum absolute atomic E-state index is 6.76. The molecule has 4 heteroatoms. The number of rotatable bonds is 10. The van der Waals surface area contributed by atoms with E-state index < -0.39 is 0 Å². The van der Waals surface area contributed by atoms with Crippen LogP contribution in [0.15, 0.2) is 127 Å². The molecule has 0 bridgehead atoms. The van der Waals surface area contributed by atoms with E-state index in [9.17, 15) is 0 Å². The number of para-hydroxylation sites is 1. The van der Waals surface area contributed by atoms with Crippen molar-refractivity contribution < 1.29 is 10.5 Å². The van der Waals surface area contributed by atoms with E-state index in [0.29, 0.717) is 0 Å². The Kier molecular flexibility index (Phi) is 8.36. The van der Waals surface area contributed by atoms with E-state index in [1.807, 2.05) is 0 Å². The number of anilines is 2. The number of nitrogens with zero attached hydrogens (tertiary/aromatic N) is 2. The third kappa shape index (κ3) is 5.92. The smallest absolute Gasteiger partial charge is 0.137 e. The number of aromatic nitrogens is 1. The molecule has 252 valence electrons. The van der Waals surface area contributed by atoms with Crippen molar-refractivity contribution in [3.05, 3.63) is 143 Å². The quantitative estimate of drug-likeness (QED) is 0.149. The maximum Gasteiger partial charge on any atom is 0.137 e. The number of hydrogen-bond acceptors (Lipinski definition) is 2. The van der Waals surface area contributed by atoms with E-state index >= 15 is 0 Å². The van der Waals surface area contributed by atoms with Crippen LogP contribution in [0.1, 0.15) is 69.1 Å². The lowest BCUT2D eigenvalue weighted by molar-refractivity contribution is -0.435. The highest BCUT2D eigenvalue weighted by atomic mass is 16.5. The van der Waals surface area contributed by atoms with Crippen LogP contribution in [0.2, 0.25) is 0 Å². The van der Waals surface area contributed by atoms with E-state index in [2.05, 4.69) is 158 Å². The second-order valence-electron chi connectivity index (χ2n) is 14.7. The number of fused-ring (bicyclic) bond motifs is 6. The first-order valence-corrected chi connectivity index (χ1v) is 18.4. The van der Waals surface area contributed by atoms with Crippen LogP contribution in [0.3, 0.4) is 0 Å². The van der Waals surface area contributed by atoms with Crippen LogP contribution in [-0.4, -0.2) is 17.2 Å². The zero-order valence-electron chi connectivity index (χ0n) is 29.9. The molecule has 5 aromatic carbocycles. The molecule has 3 N–H and O–H groups in total. The minimum absolute atomic E-state index is 0.340. The van der Waals surface area contributed by atoms with Crippen LogP contribution in [0, 0.1) is 6.92 Å². The molecule has 2 heterocycles. The highest BCUT2D eigenvalue weighted by Gasteiger charge is 2.32. The van der Waals surface area contributed by atoms with E-state index in [0.717, 1.165) is 40.6 Å². The Balaban J connectivity index is 1.20. The van der Waals surface area contributed by atoms with Crippen molar-refractivity contribution in [3.63, 3.8) is 0 Å². The molecule has 1 unspecified atom stereocenters. The summed E-state index contributed by atoms with van der Waals surface area (Å²) in [6.07, 6.45) is 14.3. The lowest BCUT2D eigenvalue weighted by atomic mass is 9.84. The Labute approximate surface area is 296 Å². The fourth-order valence-corrected chi connectivity index (χ4v) is 7.87. The van der Waals surface area contributed by atoms with Gasteiger partial charge in [-0.05, 0) is 91.2 Å². The molecular formula is C46H48N3O+. The van der Waals surface area contributed by atoms with Crippen molar-refractivity contribution in [2.45, 2.75) is 71.4 Å². The first-order chi connectivity index (χ1) is 24.3. The van der Waals surface area contributed by atoms with Crippen LogP contribution >= 0.6 is 0 Å². The molecule has 0 fully saturated rings. The molecule has 2 aliphatic rings. The van der Waals surface area contributed by atoms with Crippen molar-refractivity contribution in [2.24, 2.45) is 0 Å². The summed E-state index contributed by atoms with van der Waals surface area (Å²) < 4.78 is 9.30. The van der Waals surface area contributed by atoms with E-state index in [-0.39, 0.29) is 5.54 Å².